The molecule has 1 aromatic rings. The van der Waals surface area contributed by atoms with E-state index in [0.717, 1.165) is 25.4 Å². The summed E-state index contributed by atoms with van der Waals surface area (Å²) in [5, 5.41) is 7.11. The van der Waals surface area contributed by atoms with Crippen molar-refractivity contribution in [2.24, 2.45) is 5.92 Å². The SMILES string of the molecule is Fc1ccc(NC2CCCC2C2COCCN2)cc1. The maximum atomic E-state index is 12.9. The highest BCUT2D eigenvalue weighted by Crippen LogP contribution is 2.31. The van der Waals surface area contributed by atoms with E-state index in [1.165, 1.54) is 31.4 Å². The Morgan fingerprint density at radius 3 is 2.79 bits per heavy atom. The molecular formula is C15H21FN2O. The standard InChI is InChI=1S/C15H21FN2O/c16-11-4-6-12(7-5-11)18-14-3-1-2-13(14)15-10-19-9-8-17-15/h4-7,13-15,17-18H,1-3,8-10H2. The highest BCUT2D eigenvalue weighted by atomic mass is 19.1. The zero-order valence-electron chi connectivity index (χ0n) is 11.1. The maximum Gasteiger partial charge on any atom is 0.123 e. The van der Waals surface area contributed by atoms with Crippen LogP contribution in [0.4, 0.5) is 10.1 Å². The lowest BCUT2D eigenvalue weighted by atomic mass is 9.94. The predicted molar refractivity (Wildman–Crippen MR) is 73.8 cm³/mol. The minimum Gasteiger partial charge on any atom is -0.382 e. The van der Waals surface area contributed by atoms with Crippen molar-refractivity contribution < 1.29 is 9.13 Å². The van der Waals surface area contributed by atoms with E-state index in [1.54, 1.807) is 0 Å². The van der Waals surface area contributed by atoms with Gasteiger partial charge in [-0.15, -0.1) is 0 Å². The molecule has 1 saturated heterocycles. The number of benzene rings is 1. The molecule has 2 N–H and O–H groups in total. The van der Waals surface area contributed by atoms with Crippen LogP contribution in [-0.4, -0.2) is 31.8 Å². The second-order valence-electron chi connectivity index (χ2n) is 5.49. The molecule has 1 saturated carbocycles. The molecular weight excluding hydrogens is 243 g/mol. The number of hydrogen-bond acceptors (Lipinski definition) is 3. The molecule has 3 rings (SSSR count). The third-order valence-corrected chi connectivity index (χ3v) is 4.23. The van der Waals surface area contributed by atoms with Crippen LogP contribution in [0, 0.1) is 11.7 Å². The zero-order chi connectivity index (χ0) is 13.1. The van der Waals surface area contributed by atoms with Gasteiger partial charge in [-0.2, -0.15) is 0 Å². The topological polar surface area (TPSA) is 33.3 Å². The van der Waals surface area contributed by atoms with E-state index in [-0.39, 0.29) is 5.82 Å². The molecule has 4 heteroatoms. The first kappa shape index (κ1) is 12.9. The Bertz CT molecular complexity index is 403. The Hall–Kier alpha value is -1.13. The van der Waals surface area contributed by atoms with Gasteiger partial charge in [-0.3, -0.25) is 0 Å². The minimum absolute atomic E-state index is 0.184. The zero-order valence-corrected chi connectivity index (χ0v) is 11.1. The number of morpholine rings is 1. The summed E-state index contributed by atoms with van der Waals surface area (Å²) >= 11 is 0. The van der Waals surface area contributed by atoms with Gasteiger partial charge in [-0.25, -0.2) is 4.39 Å². The first-order valence-electron chi connectivity index (χ1n) is 7.16. The quantitative estimate of drug-likeness (QED) is 0.879. The smallest absolute Gasteiger partial charge is 0.123 e. The van der Waals surface area contributed by atoms with Gasteiger partial charge in [0.1, 0.15) is 5.82 Å². The molecule has 3 unspecified atom stereocenters. The Morgan fingerprint density at radius 1 is 1.21 bits per heavy atom. The molecule has 0 amide bonds. The Morgan fingerprint density at radius 2 is 2.05 bits per heavy atom. The van der Waals surface area contributed by atoms with Crippen LogP contribution in [0.15, 0.2) is 24.3 Å². The summed E-state index contributed by atoms with van der Waals surface area (Å²) in [6.07, 6.45) is 3.67. The van der Waals surface area contributed by atoms with Crippen molar-refractivity contribution in [2.45, 2.75) is 31.3 Å². The third kappa shape index (κ3) is 3.07. The summed E-state index contributed by atoms with van der Waals surface area (Å²) in [7, 11) is 0. The lowest BCUT2D eigenvalue weighted by Crippen LogP contribution is -2.49. The van der Waals surface area contributed by atoms with Crippen LogP contribution in [0.2, 0.25) is 0 Å². The van der Waals surface area contributed by atoms with Crippen molar-refractivity contribution in [3.05, 3.63) is 30.1 Å². The lowest BCUT2D eigenvalue weighted by molar-refractivity contribution is 0.0559. The Balaban J connectivity index is 1.64. The number of nitrogens with one attached hydrogen (secondary N) is 2. The summed E-state index contributed by atoms with van der Waals surface area (Å²) < 4.78 is 18.5. The minimum atomic E-state index is -0.184. The van der Waals surface area contributed by atoms with Gasteiger partial charge in [-0.1, -0.05) is 6.42 Å². The average molecular weight is 264 g/mol. The molecule has 1 heterocycles. The summed E-state index contributed by atoms with van der Waals surface area (Å²) in [4.78, 5) is 0. The van der Waals surface area contributed by atoms with E-state index in [9.17, 15) is 4.39 Å². The molecule has 0 bridgehead atoms. The van der Waals surface area contributed by atoms with E-state index in [1.807, 2.05) is 12.1 Å². The van der Waals surface area contributed by atoms with Crippen LogP contribution >= 0.6 is 0 Å². The average Bonchev–Trinajstić information content (AvgIpc) is 2.90. The number of rotatable bonds is 3. The van der Waals surface area contributed by atoms with Gasteiger partial charge in [0, 0.05) is 24.3 Å². The fourth-order valence-electron chi connectivity index (χ4n) is 3.27. The summed E-state index contributed by atoms with van der Waals surface area (Å²) in [5.74, 6) is 0.418. The molecule has 1 aromatic carbocycles. The molecule has 3 nitrogen and oxygen atoms in total. The van der Waals surface area contributed by atoms with Crippen molar-refractivity contribution >= 4 is 5.69 Å². The van der Waals surface area contributed by atoms with Gasteiger partial charge in [0.2, 0.25) is 0 Å². The van der Waals surface area contributed by atoms with Gasteiger partial charge in [-0.05, 0) is 43.0 Å². The molecule has 1 aliphatic carbocycles. The second-order valence-corrected chi connectivity index (χ2v) is 5.49. The van der Waals surface area contributed by atoms with Gasteiger partial charge in [0.15, 0.2) is 0 Å². The fourth-order valence-corrected chi connectivity index (χ4v) is 3.27. The van der Waals surface area contributed by atoms with Crippen molar-refractivity contribution in [3.8, 4) is 0 Å². The van der Waals surface area contributed by atoms with Crippen LogP contribution < -0.4 is 10.6 Å². The van der Waals surface area contributed by atoms with Gasteiger partial charge in [0.05, 0.1) is 13.2 Å². The van der Waals surface area contributed by atoms with Gasteiger partial charge in [0.25, 0.3) is 0 Å². The van der Waals surface area contributed by atoms with E-state index in [2.05, 4.69) is 10.6 Å². The van der Waals surface area contributed by atoms with E-state index >= 15 is 0 Å². The molecule has 3 atom stereocenters. The van der Waals surface area contributed by atoms with Gasteiger partial charge >= 0.3 is 0 Å². The Kier molecular flexibility index (Phi) is 3.99. The normalized spacial score (nSPS) is 31.3. The molecule has 0 aromatic heterocycles. The van der Waals surface area contributed by atoms with Crippen molar-refractivity contribution in [3.63, 3.8) is 0 Å². The summed E-state index contributed by atoms with van der Waals surface area (Å²) in [6, 6.07) is 7.56. The lowest BCUT2D eigenvalue weighted by Gasteiger charge is -2.33. The summed E-state index contributed by atoms with van der Waals surface area (Å²) in [6.45, 7) is 2.58. The monoisotopic (exact) mass is 264 g/mol. The number of anilines is 1. The van der Waals surface area contributed by atoms with Crippen molar-refractivity contribution in [1.82, 2.24) is 5.32 Å². The fraction of sp³-hybridized carbons (Fsp3) is 0.600. The molecule has 0 radical (unpaired) electrons. The number of halogens is 1. The molecule has 1 aliphatic heterocycles. The van der Waals surface area contributed by atoms with Crippen molar-refractivity contribution in [1.29, 1.82) is 0 Å². The molecule has 2 fully saturated rings. The van der Waals surface area contributed by atoms with E-state index < -0.39 is 0 Å². The maximum absolute atomic E-state index is 12.9. The first-order chi connectivity index (χ1) is 9.33. The largest absolute Gasteiger partial charge is 0.382 e. The van der Waals surface area contributed by atoms with Gasteiger partial charge < -0.3 is 15.4 Å². The van der Waals surface area contributed by atoms with E-state index in [0.29, 0.717) is 18.0 Å². The molecule has 104 valence electrons. The van der Waals surface area contributed by atoms with Crippen LogP contribution in [0.3, 0.4) is 0 Å². The third-order valence-electron chi connectivity index (χ3n) is 4.23. The highest BCUT2D eigenvalue weighted by molar-refractivity contribution is 5.44. The van der Waals surface area contributed by atoms with Crippen LogP contribution in [0.5, 0.6) is 0 Å². The highest BCUT2D eigenvalue weighted by Gasteiger charge is 2.34. The van der Waals surface area contributed by atoms with Crippen molar-refractivity contribution in [2.75, 3.05) is 25.1 Å². The van der Waals surface area contributed by atoms with Crippen LogP contribution in [0.25, 0.3) is 0 Å². The number of hydrogen-bond donors (Lipinski definition) is 2. The number of ether oxygens (including phenoxy) is 1. The molecule has 2 aliphatic rings. The predicted octanol–water partition coefficient (Wildman–Crippen LogP) is 2.39. The molecule has 0 spiro atoms. The van der Waals surface area contributed by atoms with Crippen LogP contribution in [-0.2, 0) is 4.74 Å². The van der Waals surface area contributed by atoms with Crippen LogP contribution in [0.1, 0.15) is 19.3 Å². The second kappa shape index (κ2) is 5.88. The first-order valence-corrected chi connectivity index (χ1v) is 7.16. The Labute approximate surface area is 113 Å². The molecule has 19 heavy (non-hydrogen) atoms. The van der Waals surface area contributed by atoms with E-state index in [4.69, 9.17) is 4.74 Å². The summed E-state index contributed by atoms with van der Waals surface area (Å²) in [5.41, 5.74) is 1.01.